The molecule has 4 rings (SSSR count). The topological polar surface area (TPSA) is 49.4 Å². The molecule has 0 radical (unpaired) electrons. The zero-order chi connectivity index (χ0) is 20.4. The Labute approximate surface area is 170 Å². The first-order valence-electron chi connectivity index (χ1n) is 8.87. The number of benzene rings is 3. The van der Waals surface area contributed by atoms with E-state index in [1.807, 2.05) is 6.07 Å². The Balaban J connectivity index is 1.59. The van der Waals surface area contributed by atoms with Crippen molar-refractivity contribution < 1.29 is 18.4 Å². The van der Waals surface area contributed by atoms with Crippen molar-refractivity contribution >= 4 is 35.0 Å². The molecule has 0 saturated carbocycles. The van der Waals surface area contributed by atoms with Gasteiger partial charge in [-0.05, 0) is 54.1 Å². The lowest BCUT2D eigenvalue weighted by atomic mass is 10.1. The Morgan fingerprint density at radius 2 is 1.69 bits per heavy atom. The van der Waals surface area contributed by atoms with Crippen LogP contribution in [0.15, 0.2) is 72.8 Å². The first-order chi connectivity index (χ1) is 14.0. The number of nitrogens with zero attached hydrogens (tertiary/aromatic N) is 1. The Morgan fingerprint density at radius 1 is 0.966 bits per heavy atom. The van der Waals surface area contributed by atoms with E-state index in [2.05, 4.69) is 5.32 Å². The number of hydrogen-bond donors (Lipinski definition) is 1. The average Bonchev–Trinajstić information content (AvgIpc) is 3.10. The lowest BCUT2D eigenvalue weighted by Gasteiger charge is -2.24. The highest BCUT2D eigenvalue weighted by Crippen LogP contribution is 2.42. The minimum atomic E-state index is -0.488. The zero-order valence-electron chi connectivity index (χ0n) is 15.1. The molecule has 0 bridgehead atoms. The lowest BCUT2D eigenvalue weighted by Crippen LogP contribution is -2.27. The second kappa shape index (κ2) is 8.05. The molecular weight excluding hydrogens is 394 g/mol. The lowest BCUT2D eigenvalue weighted by molar-refractivity contribution is -0.115. The fraction of sp³-hybridized carbons (Fsp3) is 0.0909. The summed E-state index contributed by atoms with van der Waals surface area (Å²) in [5.41, 5.74) is 2.01. The van der Waals surface area contributed by atoms with Gasteiger partial charge in [-0.2, -0.15) is 0 Å². The Bertz CT molecular complexity index is 1090. The van der Waals surface area contributed by atoms with Crippen LogP contribution >= 0.6 is 11.8 Å². The molecular formula is C22H16F2N2O2S. The molecule has 29 heavy (non-hydrogen) atoms. The summed E-state index contributed by atoms with van der Waals surface area (Å²) in [6.07, 6.45) is 0. The van der Waals surface area contributed by atoms with Gasteiger partial charge in [0.25, 0.3) is 5.91 Å². The minimum Gasteiger partial charge on any atom is -0.322 e. The standard InChI is InChI=1S/C22H16F2N2O2S/c23-16-6-1-4-14(10-16)21(28)25-18-8-2-5-15(11-18)22-26(20(27)13-29-22)19-9-3-7-17(24)12-19/h1-12,22H,13H2,(H,25,28)/t22-/m0/s1. The number of nitrogens with one attached hydrogen (secondary N) is 1. The molecule has 4 nitrogen and oxygen atoms in total. The molecule has 1 N–H and O–H groups in total. The summed E-state index contributed by atoms with van der Waals surface area (Å²) in [6, 6.07) is 18.4. The fourth-order valence-electron chi connectivity index (χ4n) is 3.18. The molecule has 146 valence electrons. The highest BCUT2D eigenvalue weighted by molar-refractivity contribution is 8.00. The molecule has 3 aromatic rings. The summed E-state index contributed by atoms with van der Waals surface area (Å²) < 4.78 is 27.0. The maximum atomic E-state index is 13.7. The number of thioether (sulfide) groups is 1. The van der Waals surface area contributed by atoms with Crippen molar-refractivity contribution in [2.75, 3.05) is 16.0 Å². The van der Waals surface area contributed by atoms with Gasteiger partial charge in [-0.3, -0.25) is 14.5 Å². The maximum Gasteiger partial charge on any atom is 0.255 e. The van der Waals surface area contributed by atoms with Crippen LogP contribution in [0.3, 0.4) is 0 Å². The molecule has 7 heteroatoms. The smallest absolute Gasteiger partial charge is 0.255 e. The molecule has 1 fully saturated rings. The molecule has 1 aliphatic heterocycles. The van der Waals surface area contributed by atoms with Crippen LogP contribution in [0.1, 0.15) is 21.3 Å². The van der Waals surface area contributed by atoms with Crippen LogP contribution in [0.5, 0.6) is 0 Å². The number of halogens is 2. The largest absolute Gasteiger partial charge is 0.322 e. The third-order valence-corrected chi connectivity index (χ3v) is 5.68. The molecule has 0 aromatic heterocycles. The first-order valence-corrected chi connectivity index (χ1v) is 9.92. The van der Waals surface area contributed by atoms with Gasteiger partial charge in [0, 0.05) is 16.9 Å². The fourth-order valence-corrected chi connectivity index (χ4v) is 4.35. The van der Waals surface area contributed by atoms with Gasteiger partial charge in [0.2, 0.25) is 5.91 Å². The minimum absolute atomic E-state index is 0.111. The molecule has 1 aliphatic rings. The van der Waals surface area contributed by atoms with Crippen molar-refractivity contribution in [3.63, 3.8) is 0 Å². The summed E-state index contributed by atoms with van der Waals surface area (Å²) in [7, 11) is 0. The zero-order valence-corrected chi connectivity index (χ0v) is 16.0. The highest BCUT2D eigenvalue weighted by Gasteiger charge is 2.34. The Kier molecular flexibility index (Phi) is 5.31. The van der Waals surface area contributed by atoms with Crippen LogP contribution in [0.25, 0.3) is 0 Å². The van der Waals surface area contributed by atoms with Gasteiger partial charge in [0.05, 0.1) is 5.75 Å². The third kappa shape index (κ3) is 4.14. The van der Waals surface area contributed by atoms with Crippen LogP contribution in [0.4, 0.5) is 20.2 Å². The summed E-state index contributed by atoms with van der Waals surface area (Å²) >= 11 is 1.43. The number of carbonyl (C=O) groups excluding carboxylic acids is 2. The summed E-state index contributed by atoms with van der Waals surface area (Å²) in [6.45, 7) is 0. The maximum absolute atomic E-state index is 13.7. The molecule has 0 aliphatic carbocycles. The summed E-state index contributed by atoms with van der Waals surface area (Å²) in [4.78, 5) is 26.4. The van der Waals surface area contributed by atoms with E-state index in [4.69, 9.17) is 0 Å². The van der Waals surface area contributed by atoms with Crippen molar-refractivity contribution in [1.82, 2.24) is 0 Å². The number of carbonyl (C=O) groups is 2. The molecule has 1 saturated heterocycles. The van der Waals surface area contributed by atoms with Gasteiger partial charge in [-0.15, -0.1) is 11.8 Å². The third-order valence-electron chi connectivity index (χ3n) is 4.47. The van der Waals surface area contributed by atoms with Crippen molar-refractivity contribution in [1.29, 1.82) is 0 Å². The second-order valence-corrected chi connectivity index (χ2v) is 7.57. The van der Waals surface area contributed by atoms with Gasteiger partial charge in [-0.1, -0.05) is 24.3 Å². The van der Waals surface area contributed by atoms with Crippen molar-refractivity contribution in [3.05, 3.63) is 95.6 Å². The molecule has 1 atom stereocenters. The van der Waals surface area contributed by atoms with E-state index >= 15 is 0 Å². The number of hydrogen-bond acceptors (Lipinski definition) is 3. The number of amides is 2. The molecule has 0 unspecified atom stereocenters. The molecule has 2 amide bonds. The Hall–Kier alpha value is -3.19. The van der Waals surface area contributed by atoms with Gasteiger partial charge in [0.1, 0.15) is 17.0 Å². The quantitative estimate of drug-likeness (QED) is 0.659. The highest BCUT2D eigenvalue weighted by atomic mass is 32.2. The van der Waals surface area contributed by atoms with Gasteiger partial charge >= 0.3 is 0 Å². The van der Waals surface area contributed by atoms with Gasteiger partial charge < -0.3 is 5.32 Å². The van der Waals surface area contributed by atoms with Crippen LogP contribution in [-0.4, -0.2) is 17.6 Å². The van der Waals surface area contributed by atoms with Gasteiger partial charge in [0.15, 0.2) is 0 Å². The average molecular weight is 410 g/mol. The Morgan fingerprint density at radius 3 is 2.45 bits per heavy atom. The first kappa shape index (κ1) is 19.1. The van der Waals surface area contributed by atoms with Crippen LogP contribution < -0.4 is 10.2 Å². The van der Waals surface area contributed by atoms with E-state index in [-0.39, 0.29) is 22.6 Å². The second-order valence-electron chi connectivity index (χ2n) is 6.50. The monoisotopic (exact) mass is 410 g/mol. The predicted octanol–water partition coefficient (Wildman–Crippen LogP) is 5.00. The van der Waals surface area contributed by atoms with Crippen LogP contribution in [-0.2, 0) is 4.79 Å². The molecule has 1 heterocycles. The van der Waals surface area contributed by atoms with Gasteiger partial charge in [-0.25, -0.2) is 8.78 Å². The van der Waals surface area contributed by atoms with Crippen molar-refractivity contribution in [3.8, 4) is 0 Å². The normalized spacial score (nSPS) is 16.1. The van der Waals surface area contributed by atoms with Crippen molar-refractivity contribution in [2.24, 2.45) is 0 Å². The van der Waals surface area contributed by atoms with E-state index in [1.165, 1.54) is 42.1 Å². The van der Waals surface area contributed by atoms with E-state index in [1.54, 1.807) is 35.2 Å². The summed E-state index contributed by atoms with van der Waals surface area (Å²) in [5.74, 6) is -1.17. The summed E-state index contributed by atoms with van der Waals surface area (Å²) in [5, 5.41) is 2.41. The van der Waals surface area contributed by atoms with Crippen LogP contribution in [0.2, 0.25) is 0 Å². The van der Waals surface area contributed by atoms with Crippen LogP contribution in [0, 0.1) is 11.6 Å². The van der Waals surface area contributed by atoms with E-state index in [0.29, 0.717) is 11.4 Å². The van der Waals surface area contributed by atoms with E-state index in [9.17, 15) is 18.4 Å². The molecule has 0 spiro atoms. The van der Waals surface area contributed by atoms with E-state index < -0.39 is 17.5 Å². The van der Waals surface area contributed by atoms with E-state index in [0.717, 1.165) is 11.6 Å². The molecule has 3 aromatic carbocycles. The SMILES string of the molecule is O=C(Nc1cccc([C@@H]2SCC(=O)N2c2cccc(F)c2)c1)c1cccc(F)c1. The predicted molar refractivity (Wildman–Crippen MR) is 110 cm³/mol. The van der Waals surface area contributed by atoms with Crippen molar-refractivity contribution in [2.45, 2.75) is 5.37 Å². The number of anilines is 2. The number of rotatable bonds is 4.